The molecule has 8 heteroatoms. The van der Waals surface area contributed by atoms with Gasteiger partial charge in [0.05, 0.1) is 0 Å². The van der Waals surface area contributed by atoms with E-state index in [0.29, 0.717) is 0 Å². The van der Waals surface area contributed by atoms with Gasteiger partial charge in [0.15, 0.2) is 0 Å². The van der Waals surface area contributed by atoms with Crippen LogP contribution in [0.15, 0.2) is 0 Å². The molecule has 0 heterocycles. The summed E-state index contributed by atoms with van der Waals surface area (Å²) in [6.07, 6.45) is 0. The van der Waals surface area contributed by atoms with Crippen LogP contribution >= 0.6 is 0 Å². The van der Waals surface area contributed by atoms with E-state index in [1.807, 2.05) is 0 Å². The quantitative estimate of drug-likeness (QED) is 0.312. The Morgan fingerprint density at radius 3 is 0.375 bits per heavy atom. The largest absolute Gasteiger partial charge is 0.0576 e. The fourth-order valence-corrected chi connectivity index (χ4v) is 0. The third kappa shape index (κ3) is 56.7. The molecule has 0 atom stereocenters. The van der Waals surface area contributed by atoms with Gasteiger partial charge in [0.25, 0.3) is 0 Å². The van der Waals surface area contributed by atoms with Gasteiger partial charge in [-0.25, -0.2) is 0 Å². The first kappa shape index (κ1) is 105. The van der Waals surface area contributed by atoms with Gasteiger partial charge in [-0.05, 0) is 0 Å². The first-order valence-corrected chi connectivity index (χ1v) is 0. The molecule has 0 fully saturated rings. The minimum atomic E-state index is 0. The van der Waals surface area contributed by atoms with Crippen LogP contribution in [0.3, 0.4) is 0 Å². The molecule has 0 N–H and O–H groups in total. The normalized spacial score (nSPS) is 0. The van der Waals surface area contributed by atoms with Crippen molar-refractivity contribution in [1.82, 2.24) is 0 Å². The zero-order valence-electron chi connectivity index (χ0n) is 3.69. The molecular weight excluding hydrogens is 354 g/mol. The van der Waals surface area contributed by atoms with Crippen molar-refractivity contribution in [3.8, 4) is 0 Å². The zero-order valence-corrected chi connectivity index (χ0v) is 12.6. The Kier molecular flexibility index (Phi) is 1030. The molecule has 0 radical (unpaired) electrons. The Morgan fingerprint density at radius 1 is 0.375 bits per heavy atom. The average molecular weight is 367 g/mol. The smallest absolute Gasteiger partial charge is 0 e. The summed E-state index contributed by atoms with van der Waals surface area (Å²) in [5.74, 6) is 0. The van der Waals surface area contributed by atoms with E-state index in [2.05, 4.69) is 0 Å². The second kappa shape index (κ2) is 78.4. The molecule has 0 unspecified atom stereocenters. The first-order valence-electron chi connectivity index (χ1n) is 0. The van der Waals surface area contributed by atoms with Crippen LogP contribution < -0.4 is 0 Å². The predicted octanol–water partition coefficient (Wildman–Crippen LogP) is -3.23. The molecule has 0 saturated heterocycles. The van der Waals surface area contributed by atoms with Gasteiger partial charge in [0.1, 0.15) is 0 Å². The van der Waals surface area contributed by atoms with Crippen molar-refractivity contribution >= 4 is 54.0 Å². The summed E-state index contributed by atoms with van der Waals surface area (Å²) in [4.78, 5) is 0. The molecule has 0 nitrogen and oxygen atoms in total. The van der Waals surface area contributed by atoms with E-state index >= 15 is 0 Å². The van der Waals surface area contributed by atoms with E-state index in [9.17, 15) is 0 Å². The Bertz CT molecular complexity index is 11.2. The summed E-state index contributed by atoms with van der Waals surface area (Å²) in [5, 5.41) is 0. The van der Waals surface area contributed by atoms with Gasteiger partial charge in [-0.3, -0.25) is 0 Å². The fraction of sp³-hybridized carbons (Fsp3) is 0. The monoisotopic (exact) mass is 366 g/mol. The summed E-state index contributed by atoms with van der Waals surface area (Å²) in [5.41, 5.74) is 0. The van der Waals surface area contributed by atoms with E-state index in [4.69, 9.17) is 0 Å². The minimum absolute atomic E-state index is 0. The van der Waals surface area contributed by atoms with Gasteiger partial charge in [0, 0.05) is 67.7 Å². The third-order valence-corrected chi connectivity index (χ3v) is 0. The van der Waals surface area contributed by atoms with Crippen LogP contribution in [0.2, 0.25) is 0 Å². The van der Waals surface area contributed by atoms with Gasteiger partial charge < -0.3 is 0 Å². The SMILES string of the molecule is [Fe].[Fe].[Fe].[Ni].[SH3+].[SH3+].[SH3+].[SH3+]. The van der Waals surface area contributed by atoms with Crippen molar-refractivity contribution in [2.24, 2.45) is 0 Å². The molecule has 0 bridgehead atoms. The molecule has 0 amide bonds. The summed E-state index contributed by atoms with van der Waals surface area (Å²) in [6.45, 7) is 0. The molecule has 0 aliphatic rings. The molecule has 0 rings (SSSR count). The third-order valence-electron chi connectivity index (χ3n) is 0. The standard InChI is InChI=1S/3Fe.Ni.4H2S/h;;;;4*1H2/p+4. The topological polar surface area (TPSA) is 0 Å². The van der Waals surface area contributed by atoms with Crippen molar-refractivity contribution in [1.29, 1.82) is 0 Å². The van der Waals surface area contributed by atoms with Gasteiger partial charge in [-0.15, -0.1) is 0 Å². The van der Waals surface area contributed by atoms with Crippen molar-refractivity contribution in [3.05, 3.63) is 0 Å². The van der Waals surface area contributed by atoms with Crippen LogP contribution in [0.4, 0.5) is 0 Å². The maximum absolute atomic E-state index is 0. The van der Waals surface area contributed by atoms with Crippen LogP contribution in [0, 0.1) is 0 Å². The van der Waals surface area contributed by atoms with Gasteiger partial charge in [0.2, 0.25) is 0 Å². The predicted molar refractivity (Wildman–Crippen MR) is 46.2 cm³/mol. The van der Waals surface area contributed by atoms with Gasteiger partial charge in [-0.2, -0.15) is 0 Å². The van der Waals surface area contributed by atoms with Gasteiger partial charge >= 0.3 is 0 Å². The van der Waals surface area contributed by atoms with Crippen LogP contribution in [-0.4, -0.2) is 0 Å². The molecule has 0 saturated carbocycles. The maximum Gasteiger partial charge on any atom is 0 e. The second-order valence-electron chi connectivity index (χ2n) is 0. The second-order valence-corrected chi connectivity index (χ2v) is 0. The van der Waals surface area contributed by atoms with E-state index in [0.717, 1.165) is 0 Å². The van der Waals surface area contributed by atoms with Crippen molar-refractivity contribution in [3.63, 3.8) is 0 Å². The summed E-state index contributed by atoms with van der Waals surface area (Å²) in [7, 11) is 0. The Morgan fingerprint density at radius 2 is 0.375 bits per heavy atom. The molecule has 0 aliphatic heterocycles. The van der Waals surface area contributed by atoms with Crippen LogP contribution in [0.1, 0.15) is 0 Å². The minimum Gasteiger partial charge on any atom is -0.0576 e. The van der Waals surface area contributed by atoms with E-state index in [1.165, 1.54) is 0 Å². The molecule has 0 aromatic rings. The Labute approximate surface area is 120 Å². The van der Waals surface area contributed by atoms with Crippen LogP contribution in [0.25, 0.3) is 0 Å². The molecule has 0 spiro atoms. The average Bonchev–Trinajstić information content (AvgIpc) is 0. The van der Waals surface area contributed by atoms with Gasteiger partial charge in [-0.1, -0.05) is 54.0 Å². The summed E-state index contributed by atoms with van der Waals surface area (Å²) < 4.78 is 0. The Balaban J connectivity index is 0. The molecular formula is H12Fe3NiS4+4. The maximum atomic E-state index is 0. The zero-order chi connectivity index (χ0) is 0. The van der Waals surface area contributed by atoms with Crippen LogP contribution in [-0.2, 0) is 122 Å². The van der Waals surface area contributed by atoms with E-state index < -0.39 is 0 Å². The number of rotatable bonds is 0. The van der Waals surface area contributed by atoms with E-state index in [-0.39, 0.29) is 122 Å². The summed E-state index contributed by atoms with van der Waals surface area (Å²) in [6, 6.07) is 0. The van der Waals surface area contributed by atoms with Crippen molar-refractivity contribution in [2.75, 3.05) is 0 Å². The molecule has 8 heavy (non-hydrogen) atoms. The molecule has 0 aromatic heterocycles. The number of hydrogen-bond donors (Lipinski definition) is 0. The summed E-state index contributed by atoms with van der Waals surface area (Å²) >= 11 is 0. The molecule has 0 aliphatic carbocycles. The van der Waals surface area contributed by atoms with Crippen molar-refractivity contribution < 1.29 is 67.7 Å². The van der Waals surface area contributed by atoms with Crippen molar-refractivity contribution in [2.45, 2.75) is 0 Å². The fourth-order valence-electron chi connectivity index (χ4n) is 0. The Hall–Kier alpha value is 3.45. The molecule has 66 valence electrons. The molecule has 0 aromatic carbocycles. The first-order chi connectivity index (χ1) is 0. The number of hydrogen-bond acceptors (Lipinski definition) is 0. The van der Waals surface area contributed by atoms with Crippen LogP contribution in [0.5, 0.6) is 0 Å². The van der Waals surface area contributed by atoms with E-state index in [1.54, 1.807) is 0 Å².